The zero-order valence-corrected chi connectivity index (χ0v) is 30.8. The smallest absolute Gasteiger partial charge is 0.164 e. The molecule has 0 fully saturated rings. The van der Waals surface area contributed by atoms with Crippen LogP contribution in [0.4, 0.5) is 0 Å². The standard InChI is InChI=1S/C49H33N3OSi/c1-54(2)42-23-13-11-21-39(42)45-43(54)29-40(44-38-20-10-12-22-41(38)53-46(44)45)49-51-47(33-26-27-36-32(28-33)25-24-31-16-6-7-17-34(31)36)50-48(52-49)37-19-9-8-18-35(37)30-14-4-3-5-15-30/h3-29H,1-2H3. The maximum absolute atomic E-state index is 6.85. The Hall–Kier alpha value is -6.69. The van der Waals surface area contributed by atoms with E-state index in [0.29, 0.717) is 17.5 Å². The first-order valence-electron chi connectivity index (χ1n) is 18.4. The number of hydrogen-bond acceptors (Lipinski definition) is 4. The van der Waals surface area contributed by atoms with Crippen LogP contribution in [-0.4, -0.2) is 23.0 Å². The molecule has 0 amide bonds. The summed E-state index contributed by atoms with van der Waals surface area (Å²) in [6, 6.07) is 58.0. The second-order valence-electron chi connectivity index (χ2n) is 14.8. The van der Waals surface area contributed by atoms with Crippen LogP contribution >= 0.6 is 0 Å². The van der Waals surface area contributed by atoms with E-state index in [9.17, 15) is 0 Å². The highest BCUT2D eigenvalue weighted by molar-refractivity contribution is 7.04. The van der Waals surface area contributed by atoms with Gasteiger partial charge in [0, 0.05) is 33.0 Å². The molecule has 5 heteroatoms. The van der Waals surface area contributed by atoms with Crippen molar-refractivity contribution in [3.8, 4) is 56.4 Å². The first kappa shape index (κ1) is 30.9. The molecule has 254 valence electrons. The fourth-order valence-electron chi connectivity index (χ4n) is 8.67. The van der Waals surface area contributed by atoms with Crippen LogP contribution in [0.25, 0.3) is 99.9 Å². The van der Waals surface area contributed by atoms with Gasteiger partial charge >= 0.3 is 0 Å². The summed E-state index contributed by atoms with van der Waals surface area (Å²) in [5.41, 5.74) is 9.30. The van der Waals surface area contributed by atoms with Crippen molar-refractivity contribution in [1.29, 1.82) is 0 Å². The van der Waals surface area contributed by atoms with Crippen LogP contribution in [0.5, 0.6) is 0 Å². The summed E-state index contributed by atoms with van der Waals surface area (Å²) in [6.07, 6.45) is 0. The monoisotopic (exact) mass is 707 g/mol. The Kier molecular flexibility index (Phi) is 6.67. The van der Waals surface area contributed by atoms with Crippen LogP contribution in [0.2, 0.25) is 13.1 Å². The van der Waals surface area contributed by atoms with E-state index in [0.717, 1.165) is 55.1 Å². The largest absolute Gasteiger partial charge is 0.455 e. The summed E-state index contributed by atoms with van der Waals surface area (Å²) in [5.74, 6) is 1.90. The molecule has 8 aromatic carbocycles. The van der Waals surface area contributed by atoms with Gasteiger partial charge in [-0.25, -0.2) is 15.0 Å². The molecule has 0 saturated heterocycles. The predicted octanol–water partition coefficient (Wildman–Crippen LogP) is 11.5. The maximum atomic E-state index is 6.85. The molecule has 0 saturated carbocycles. The van der Waals surface area contributed by atoms with Gasteiger partial charge in [-0.05, 0) is 66.8 Å². The molecule has 0 atom stereocenters. The van der Waals surface area contributed by atoms with E-state index in [2.05, 4.69) is 165 Å². The van der Waals surface area contributed by atoms with Gasteiger partial charge < -0.3 is 4.42 Å². The van der Waals surface area contributed by atoms with Gasteiger partial charge in [0.2, 0.25) is 0 Å². The number of para-hydroxylation sites is 1. The molecule has 1 aliphatic rings. The van der Waals surface area contributed by atoms with E-state index in [1.807, 2.05) is 12.1 Å². The molecule has 3 heterocycles. The van der Waals surface area contributed by atoms with Gasteiger partial charge in [-0.2, -0.15) is 0 Å². The van der Waals surface area contributed by atoms with Crippen molar-refractivity contribution in [1.82, 2.24) is 15.0 Å². The van der Waals surface area contributed by atoms with E-state index in [-0.39, 0.29) is 0 Å². The van der Waals surface area contributed by atoms with Crippen LogP contribution in [0.15, 0.2) is 168 Å². The van der Waals surface area contributed by atoms with E-state index >= 15 is 0 Å². The number of furan rings is 1. The van der Waals surface area contributed by atoms with E-state index in [1.54, 1.807) is 0 Å². The summed E-state index contributed by atoms with van der Waals surface area (Å²) in [4.78, 5) is 16.1. The first-order chi connectivity index (χ1) is 26.5. The summed E-state index contributed by atoms with van der Waals surface area (Å²) >= 11 is 0. The third-order valence-corrected chi connectivity index (χ3v) is 14.8. The molecule has 0 spiro atoms. The Balaban J connectivity index is 1.22. The number of hydrogen-bond donors (Lipinski definition) is 0. The topological polar surface area (TPSA) is 51.8 Å². The molecule has 0 unspecified atom stereocenters. The molecule has 4 nitrogen and oxygen atoms in total. The summed E-state index contributed by atoms with van der Waals surface area (Å²) in [5, 5.41) is 9.67. The molecular formula is C49H33N3OSi. The van der Waals surface area contributed by atoms with Crippen molar-refractivity contribution in [2.24, 2.45) is 0 Å². The average molecular weight is 708 g/mol. The van der Waals surface area contributed by atoms with Crippen molar-refractivity contribution in [2.45, 2.75) is 13.1 Å². The molecule has 1 aliphatic heterocycles. The van der Waals surface area contributed by atoms with Crippen LogP contribution in [0.1, 0.15) is 0 Å². The number of nitrogens with zero attached hydrogens (tertiary/aromatic N) is 3. The SMILES string of the molecule is C[Si]1(C)c2ccccc2-c2c1cc(-c1nc(-c3ccc4c(ccc5ccccc54)c3)nc(-c3ccccc3-c3ccccc3)n1)c1c2oc2ccccc21. The number of rotatable bonds is 4. The van der Waals surface area contributed by atoms with Gasteiger partial charge in [-0.1, -0.05) is 159 Å². The first-order valence-corrected chi connectivity index (χ1v) is 21.4. The third kappa shape index (κ3) is 4.58. The van der Waals surface area contributed by atoms with Gasteiger partial charge in [0.1, 0.15) is 19.2 Å². The van der Waals surface area contributed by atoms with Crippen LogP contribution in [-0.2, 0) is 0 Å². The summed E-state index contributed by atoms with van der Waals surface area (Å²) in [7, 11) is -2.10. The fraction of sp³-hybridized carbons (Fsp3) is 0.0408. The summed E-state index contributed by atoms with van der Waals surface area (Å²) < 4.78 is 6.85. The summed E-state index contributed by atoms with van der Waals surface area (Å²) in [6.45, 7) is 4.88. The van der Waals surface area contributed by atoms with Gasteiger partial charge in [0.15, 0.2) is 17.5 Å². The minimum Gasteiger partial charge on any atom is -0.455 e. The molecule has 0 bridgehead atoms. The van der Waals surface area contributed by atoms with Crippen molar-refractivity contribution in [2.75, 3.05) is 0 Å². The predicted molar refractivity (Wildman–Crippen MR) is 226 cm³/mol. The van der Waals surface area contributed by atoms with Crippen molar-refractivity contribution in [3.05, 3.63) is 164 Å². The quantitative estimate of drug-likeness (QED) is 0.135. The third-order valence-electron chi connectivity index (χ3n) is 11.3. The van der Waals surface area contributed by atoms with Crippen LogP contribution in [0, 0.1) is 0 Å². The van der Waals surface area contributed by atoms with Gasteiger partial charge in [0.05, 0.1) is 0 Å². The molecular weight excluding hydrogens is 675 g/mol. The molecule has 54 heavy (non-hydrogen) atoms. The Morgan fingerprint density at radius 3 is 1.91 bits per heavy atom. The zero-order chi connectivity index (χ0) is 36.0. The van der Waals surface area contributed by atoms with Gasteiger partial charge in [-0.3, -0.25) is 0 Å². The van der Waals surface area contributed by atoms with E-state index < -0.39 is 8.07 Å². The lowest BCUT2D eigenvalue weighted by Gasteiger charge is -2.19. The Morgan fingerprint density at radius 1 is 0.426 bits per heavy atom. The lowest BCUT2D eigenvalue weighted by molar-refractivity contribution is 0.670. The normalized spacial score (nSPS) is 13.1. The fourth-order valence-corrected chi connectivity index (χ4v) is 11.7. The average Bonchev–Trinajstić information content (AvgIpc) is 3.73. The lowest BCUT2D eigenvalue weighted by Crippen LogP contribution is -2.49. The van der Waals surface area contributed by atoms with E-state index in [1.165, 1.54) is 37.7 Å². The molecule has 10 aromatic rings. The second-order valence-corrected chi connectivity index (χ2v) is 19.1. The van der Waals surface area contributed by atoms with Crippen molar-refractivity contribution >= 4 is 61.9 Å². The van der Waals surface area contributed by atoms with Crippen LogP contribution < -0.4 is 10.4 Å². The Bertz CT molecular complexity index is 3150. The van der Waals surface area contributed by atoms with Gasteiger partial charge in [-0.15, -0.1) is 0 Å². The van der Waals surface area contributed by atoms with Crippen molar-refractivity contribution in [3.63, 3.8) is 0 Å². The van der Waals surface area contributed by atoms with Crippen LogP contribution in [0.3, 0.4) is 0 Å². The molecule has 11 rings (SSSR count). The number of aromatic nitrogens is 3. The zero-order valence-electron chi connectivity index (χ0n) is 29.8. The highest BCUT2D eigenvalue weighted by atomic mass is 28.3. The lowest BCUT2D eigenvalue weighted by atomic mass is 9.97. The molecule has 2 aromatic heterocycles. The van der Waals surface area contributed by atoms with Crippen molar-refractivity contribution < 1.29 is 4.42 Å². The maximum Gasteiger partial charge on any atom is 0.164 e. The minimum atomic E-state index is -2.10. The number of fused-ring (bicyclic) bond motifs is 10. The highest BCUT2D eigenvalue weighted by Crippen LogP contribution is 2.44. The highest BCUT2D eigenvalue weighted by Gasteiger charge is 2.40. The molecule has 0 N–H and O–H groups in total. The Morgan fingerprint density at radius 2 is 1.06 bits per heavy atom. The number of benzene rings is 8. The van der Waals surface area contributed by atoms with Gasteiger partial charge in [0.25, 0.3) is 0 Å². The van der Waals surface area contributed by atoms with E-state index in [4.69, 9.17) is 19.4 Å². The molecule has 0 aliphatic carbocycles. The Labute approximate surface area is 313 Å². The second kappa shape index (κ2) is 11.7. The minimum absolute atomic E-state index is 0.633. The molecule has 0 radical (unpaired) electrons.